The monoisotopic (exact) mass is 416 g/mol. The number of fused-ring (bicyclic) bond motifs is 1. The van der Waals surface area contributed by atoms with E-state index in [4.69, 9.17) is 28.9 Å². The number of pyridine rings is 1. The minimum Gasteiger partial charge on any atom is -0.382 e. The number of nitrogens with two attached hydrogens (primary N) is 1. The quantitative estimate of drug-likeness (QED) is 0.515. The van der Waals surface area contributed by atoms with Gasteiger partial charge >= 0.3 is 0 Å². The highest BCUT2D eigenvalue weighted by molar-refractivity contribution is 7.99. The standard InChI is InChI=1S/C18H14Cl2N6S/c19-12-1-2-14(13(20)9-12)27-18-25-15-16(21)23-10-24-17(15)26(18)8-5-11-3-6-22-7-4-11/h1-4,6-7,9-10H,5,8H2,(H2,21,23,24). The highest BCUT2D eigenvalue weighted by atomic mass is 35.5. The molecule has 4 rings (SSSR count). The molecule has 3 aromatic heterocycles. The van der Waals surface area contributed by atoms with Crippen LogP contribution in [0.25, 0.3) is 11.2 Å². The normalized spacial score (nSPS) is 11.2. The van der Waals surface area contributed by atoms with Crippen molar-refractivity contribution in [2.45, 2.75) is 23.0 Å². The Kier molecular flexibility index (Phi) is 5.15. The van der Waals surface area contributed by atoms with E-state index in [0.29, 0.717) is 33.6 Å². The molecule has 0 aliphatic rings. The first-order chi connectivity index (χ1) is 13.1. The fourth-order valence-corrected chi connectivity index (χ4v) is 4.10. The van der Waals surface area contributed by atoms with Crippen LogP contribution >= 0.6 is 35.0 Å². The van der Waals surface area contributed by atoms with Gasteiger partial charge in [-0.2, -0.15) is 0 Å². The lowest BCUT2D eigenvalue weighted by molar-refractivity contribution is 0.646. The predicted octanol–water partition coefficient (Wildman–Crippen LogP) is 4.50. The zero-order valence-corrected chi connectivity index (χ0v) is 16.3. The van der Waals surface area contributed by atoms with Crippen molar-refractivity contribution in [3.63, 3.8) is 0 Å². The zero-order valence-electron chi connectivity index (χ0n) is 14.0. The predicted molar refractivity (Wildman–Crippen MR) is 108 cm³/mol. The summed E-state index contributed by atoms with van der Waals surface area (Å²) in [5.74, 6) is 0.353. The first kappa shape index (κ1) is 18.0. The molecule has 0 aliphatic carbocycles. The Bertz CT molecular complexity index is 1100. The van der Waals surface area contributed by atoms with Crippen LogP contribution in [0.3, 0.4) is 0 Å². The molecule has 0 radical (unpaired) electrons. The van der Waals surface area contributed by atoms with E-state index in [1.807, 2.05) is 22.8 Å². The molecule has 0 spiro atoms. The number of rotatable bonds is 5. The third kappa shape index (κ3) is 3.85. The zero-order chi connectivity index (χ0) is 18.8. The number of benzene rings is 1. The highest BCUT2D eigenvalue weighted by Gasteiger charge is 2.17. The number of hydrogen-bond donors (Lipinski definition) is 1. The number of aryl methyl sites for hydroxylation is 2. The molecule has 136 valence electrons. The number of anilines is 1. The van der Waals surface area contributed by atoms with Crippen molar-refractivity contribution in [3.8, 4) is 0 Å². The van der Waals surface area contributed by atoms with E-state index in [-0.39, 0.29) is 0 Å². The van der Waals surface area contributed by atoms with Gasteiger partial charge in [0, 0.05) is 28.9 Å². The van der Waals surface area contributed by atoms with Gasteiger partial charge < -0.3 is 10.3 Å². The van der Waals surface area contributed by atoms with Crippen LogP contribution < -0.4 is 5.73 Å². The van der Waals surface area contributed by atoms with E-state index in [1.54, 1.807) is 24.5 Å². The molecule has 0 unspecified atom stereocenters. The molecule has 9 heteroatoms. The fraction of sp³-hybridized carbons (Fsp3) is 0.111. The minimum absolute atomic E-state index is 0.353. The Morgan fingerprint density at radius 3 is 2.67 bits per heavy atom. The summed E-state index contributed by atoms with van der Waals surface area (Å²) in [6.07, 6.45) is 5.82. The van der Waals surface area contributed by atoms with Crippen molar-refractivity contribution >= 4 is 51.9 Å². The molecule has 27 heavy (non-hydrogen) atoms. The van der Waals surface area contributed by atoms with Crippen molar-refractivity contribution in [1.82, 2.24) is 24.5 Å². The average molecular weight is 417 g/mol. The van der Waals surface area contributed by atoms with Crippen LogP contribution in [0.5, 0.6) is 0 Å². The second-order valence-electron chi connectivity index (χ2n) is 5.76. The van der Waals surface area contributed by atoms with Gasteiger partial charge in [-0.05, 0) is 42.3 Å². The van der Waals surface area contributed by atoms with Crippen LogP contribution in [0, 0.1) is 0 Å². The number of aromatic nitrogens is 5. The van der Waals surface area contributed by atoms with Gasteiger partial charge in [-0.1, -0.05) is 35.0 Å². The van der Waals surface area contributed by atoms with Gasteiger partial charge in [-0.25, -0.2) is 15.0 Å². The maximum Gasteiger partial charge on any atom is 0.175 e. The molecule has 0 fully saturated rings. The summed E-state index contributed by atoms with van der Waals surface area (Å²) in [5.41, 5.74) is 8.46. The van der Waals surface area contributed by atoms with E-state index in [2.05, 4.69) is 19.9 Å². The van der Waals surface area contributed by atoms with Crippen molar-refractivity contribution in [2.24, 2.45) is 0 Å². The number of halogens is 2. The number of imidazole rings is 1. The van der Waals surface area contributed by atoms with Crippen LogP contribution in [-0.2, 0) is 13.0 Å². The maximum atomic E-state index is 6.33. The van der Waals surface area contributed by atoms with Crippen LogP contribution in [0.4, 0.5) is 5.82 Å². The smallest absolute Gasteiger partial charge is 0.175 e. The first-order valence-electron chi connectivity index (χ1n) is 8.10. The second kappa shape index (κ2) is 7.72. The molecule has 1 aromatic carbocycles. The molecule has 0 saturated heterocycles. The molecule has 2 N–H and O–H groups in total. The van der Waals surface area contributed by atoms with Crippen LogP contribution in [0.1, 0.15) is 5.56 Å². The minimum atomic E-state index is 0.353. The van der Waals surface area contributed by atoms with E-state index in [9.17, 15) is 0 Å². The van der Waals surface area contributed by atoms with Gasteiger partial charge in [0.2, 0.25) is 0 Å². The SMILES string of the molecule is Nc1ncnc2c1nc(Sc1ccc(Cl)cc1Cl)n2CCc1ccncc1. The van der Waals surface area contributed by atoms with Crippen LogP contribution in [-0.4, -0.2) is 24.5 Å². The summed E-state index contributed by atoms with van der Waals surface area (Å²) in [6, 6.07) is 9.37. The lowest BCUT2D eigenvalue weighted by Gasteiger charge is -2.09. The molecule has 0 atom stereocenters. The Hall–Kier alpha value is -2.35. The second-order valence-corrected chi connectivity index (χ2v) is 7.61. The molecule has 6 nitrogen and oxygen atoms in total. The number of hydrogen-bond acceptors (Lipinski definition) is 6. The molecule has 0 saturated carbocycles. The summed E-state index contributed by atoms with van der Waals surface area (Å²) in [5, 5.41) is 1.90. The van der Waals surface area contributed by atoms with Crippen molar-refractivity contribution in [3.05, 3.63) is 64.7 Å². The largest absolute Gasteiger partial charge is 0.382 e. The third-order valence-electron chi connectivity index (χ3n) is 3.99. The van der Waals surface area contributed by atoms with E-state index in [0.717, 1.165) is 16.5 Å². The summed E-state index contributed by atoms with van der Waals surface area (Å²) < 4.78 is 2.03. The topological polar surface area (TPSA) is 82.5 Å². The average Bonchev–Trinajstić information content (AvgIpc) is 3.02. The highest BCUT2D eigenvalue weighted by Crippen LogP contribution is 2.36. The van der Waals surface area contributed by atoms with Crippen molar-refractivity contribution in [2.75, 3.05) is 5.73 Å². The molecule has 4 aromatic rings. The molecular weight excluding hydrogens is 403 g/mol. The van der Waals surface area contributed by atoms with Gasteiger partial charge in [-0.3, -0.25) is 4.98 Å². The van der Waals surface area contributed by atoms with E-state index >= 15 is 0 Å². The lowest BCUT2D eigenvalue weighted by atomic mass is 10.2. The third-order valence-corrected chi connectivity index (χ3v) is 5.72. The molecule has 0 aliphatic heterocycles. The molecule has 3 heterocycles. The Morgan fingerprint density at radius 2 is 1.89 bits per heavy atom. The maximum absolute atomic E-state index is 6.33. The molecule has 0 amide bonds. The van der Waals surface area contributed by atoms with E-state index in [1.165, 1.54) is 23.7 Å². The molecule has 0 bridgehead atoms. The Morgan fingerprint density at radius 1 is 1.07 bits per heavy atom. The first-order valence-corrected chi connectivity index (χ1v) is 9.67. The van der Waals surface area contributed by atoms with Gasteiger partial charge in [0.05, 0.1) is 5.02 Å². The van der Waals surface area contributed by atoms with E-state index < -0.39 is 0 Å². The summed E-state index contributed by atoms with van der Waals surface area (Å²) in [7, 11) is 0. The Labute approximate surface area is 169 Å². The number of nitrogens with zero attached hydrogens (tertiary/aromatic N) is 5. The van der Waals surface area contributed by atoms with Gasteiger partial charge in [0.1, 0.15) is 6.33 Å². The van der Waals surface area contributed by atoms with Crippen LogP contribution in [0.15, 0.2) is 59.1 Å². The lowest BCUT2D eigenvalue weighted by Crippen LogP contribution is -2.04. The van der Waals surface area contributed by atoms with Gasteiger partial charge in [0.25, 0.3) is 0 Å². The number of nitrogen functional groups attached to an aromatic ring is 1. The van der Waals surface area contributed by atoms with Gasteiger partial charge in [-0.15, -0.1) is 0 Å². The van der Waals surface area contributed by atoms with Gasteiger partial charge in [0.15, 0.2) is 22.1 Å². The summed E-state index contributed by atoms with van der Waals surface area (Å²) in [4.78, 5) is 18.0. The molecular formula is C18H14Cl2N6S. The summed E-state index contributed by atoms with van der Waals surface area (Å²) in [6.45, 7) is 0.685. The van der Waals surface area contributed by atoms with Crippen molar-refractivity contribution in [1.29, 1.82) is 0 Å². The Balaban J connectivity index is 1.73. The fourth-order valence-electron chi connectivity index (χ4n) is 2.66. The van der Waals surface area contributed by atoms with Crippen LogP contribution in [0.2, 0.25) is 10.0 Å². The van der Waals surface area contributed by atoms with Crippen molar-refractivity contribution < 1.29 is 0 Å². The summed E-state index contributed by atoms with van der Waals surface area (Å²) >= 11 is 13.8.